The molecule has 3 aromatic rings. The zero-order valence-electron chi connectivity index (χ0n) is 13.7. The van der Waals surface area contributed by atoms with E-state index in [1.807, 2.05) is 24.3 Å². The number of halogens is 2. The predicted molar refractivity (Wildman–Crippen MR) is 95.7 cm³/mol. The average Bonchev–Trinajstić information content (AvgIpc) is 3.09. The lowest BCUT2D eigenvalue weighted by Gasteiger charge is -2.17. The van der Waals surface area contributed by atoms with Crippen LogP contribution in [0.15, 0.2) is 60.8 Å². The molecule has 0 radical (unpaired) electrons. The van der Waals surface area contributed by atoms with E-state index in [9.17, 15) is 13.6 Å². The number of hydrogen-bond acceptors (Lipinski definition) is 3. The number of anilines is 3. The molecule has 0 saturated carbocycles. The number of nitrogens with zero attached hydrogens (tertiary/aromatic N) is 2. The normalized spacial score (nSPS) is 12.8. The molecular formula is C20H15F2N3O. The Morgan fingerprint density at radius 1 is 1.00 bits per heavy atom. The number of carbonyl (C=O) groups excluding carboxylic acids is 1. The minimum absolute atomic E-state index is 0.147. The maximum absolute atomic E-state index is 13.7. The van der Waals surface area contributed by atoms with Crippen molar-refractivity contribution in [3.63, 3.8) is 0 Å². The molecule has 0 atom stereocenters. The highest BCUT2D eigenvalue weighted by Gasteiger charge is 2.25. The number of amides is 1. The Balaban J connectivity index is 1.54. The van der Waals surface area contributed by atoms with Crippen molar-refractivity contribution in [1.29, 1.82) is 0 Å². The van der Waals surface area contributed by atoms with E-state index in [4.69, 9.17) is 0 Å². The first-order valence-corrected chi connectivity index (χ1v) is 8.20. The van der Waals surface area contributed by atoms with E-state index in [1.54, 1.807) is 11.0 Å². The molecule has 0 saturated heterocycles. The van der Waals surface area contributed by atoms with E-state index in [0.717, 1.165) is 29.8 Å². The lowest BCUT2D eigenvalue weighted by Crippen LogP contribution is -2.28. The molecule has 1 aliphatic rings. The fourth-order valence-corrected chi connectivity index (χ4v) is 3.04. The van der Waals surface area contributed by atoms with Crippen LogP contribution in [0.1, 0.15) is 15.9 Å². The van der Waals surface area contributed by atoms with Crippen molar-refractivity contribution in [1.82, 2.24) is 4.98 Å². The van der Waals surface area contributed by atoms with Gasteiger partial charge in [0, 0.05) is 18.4 Å². The fourth-order valence-electron chi connectivity index (χ4n) is 3.04. The number of fused-ring (bicyclic) bond motifs is 1. The van der Waals surface area contributed by atoms with Gasteiger partial charge in [-0.3, -0.25) is 4.79 Å². The second-order valence-corrected chi connectivity index (χ2v) is 5.99. The summed E-state index contributed by atoms with van der Waals surface area (Å²) in [6.07, 6.45) is 2.23. The molecule has 0 unspecified atom stereocenters. The largest absolute Gasteiger partial charge is 0.335 e. The van der Waals surface area contributed by atoms with Gasteiger partial charge < -0.3 is 10.2 Å². The van der Waals surface area contributed by atoms with Crippen LogP contribution in [0.4, 0.5) is 26.0 Å². The third kappa shape index (κ3) is 2.90. The van der Waals surface area contributed by atoms with Gasteiger partial charge in [0.15, 0.2) is 0 Å². The number of hydrogen-bond donors (Lipinski definition) is 1. The van der Waals surface area contributed by atoms with Gasteiger partial charge in [-0.2, -0.15) is 0 Å². The molecule has 2 heterocycles. The van der Waals surface area contributed by atoms with Crippen LogP contribution in [0, 0.1) is 11.6 Å². The van der Waals surface area contributed by atoms with E-state index >= 15 is 0 Å². The molecule has 1 aliphatic heterocycles. The molecule has 1 amide bonds. The van der Waals surface area contributed by atoms with Crippen LogP contribution in [0.5, 0.6) is 0 Å². The van der Waals surface area contributed by atoms with Crippen molar-refractivity contribution < 1.29 is 13.6 Å². The zero-order valence-corrected chi connectivity index (χ0v) is 13.7. The van der Waals surface area contributed by atoms with E-state index in [-0.39, 0.29) is 17.4 Å². The van der Waals surface area contributed by atoms with Crippen molar-refractivity contribution >= 4 is 23.1 Å². The van der Waals surface area contributed by atoms with Gasteiger partial charge in [0.1, 0.15) is 23.1 Å². The van der Waals surface area contributed by atoms with Crippen LogP contribution in [-0.2, 0) is 6.42 Å². The molecule has 26 heavy (non-hydrogen) atoms. The van der Waals surface area contributed by atoms with Gasteiger partial charge in [0.25, 0.3) is 5.91 Å². The Bertz CT molecular complexity index is 953. The summed E-state index contributed by atoms with van der Waals surface area (Å²) in [6, 6.07) is 14.5. The topological polar surface area (TPSA) is 45.2 Å². The summed E-state index contributed by atoms with van der Waals surface area (Å²) in [5.74, 6) is -1.31. The molecule has 4 nitrogen and oxygen atoms in total. The predicted octanol–water partition coefficient (Wildman–Crippen LogP) is 4.31. The van der Waals surface area contributed by atoms with Crippen molar-refractivity contribution in [3.05, 3.63) is 83.6 Å². The van der Waals surface area contributed by atoms with Gasteiger partial charge in [-0.15, -0.1) is 0 Å². The number of para-hydroxylation sites is 2. The third-order valence-corrected chi connectivity index (χ3v) is 4.36. The summed E-state index contributed by atoms with van der Waals surface area (Å²) >= 11 is 0. The SMILES string of the molecule is O=C(c1ccc(Nc2c(F)cccc2F)nc1)N1CCc2ccccc21. The highest BCUT2D eigenvalue weighted by atomic mass is 19.1. The summed E-state index contributed by atoms with van der Waals surface area (Å²) in [4.78, 5) is 18.6. The van der Waals surface area contributed by atoms with Crippen molar-refractivity contribution in [2.75, 3.05) is 16.8 Å². The van der Waals surface area contributed by atoms with Gasteiger partial charge in [-0.05, 0) is 42.3 Å². The highest BCUT2D eigenvalue weighted by Crippen LogP contribution is 2.29. The summed E-state index contributed by atoms with van der Waals surface area (Å²) in [6.45, 7) is 0.624. The van der Waals surface area contributed by atoms with Gasteiger partial charge in [0.05, 0.1) is 5.56 Å². The molecular weight excluding hydrogens is 336 g/mol. The summed E-state index contributed by atoms with van der Waals surface area (Å²) in [7, 11) is 0. The number of nitrogens with one attached hydrogen (secondary N) is 1. The van der Waals surface area contributed by atoms with Crippen LogP contribution >= 0.6 is 0 Å². The van der Waals surface area contributed by atoms with Crippen LogP contribution in [-0.4, -0.2) is 17.4 Å². The molecule has 4 rings (SSSR count). The van der Waals surface area contributed by atoms with E-state index < -0.39 is 11.6 Å². The standard InChI is InChI=1S/C20H15F2N3O/c21-15-5-3-6-16(22)19(15)24-18-9-8-14(12-23-18)20(26)25-11-10-13-4-1-2-7-17(13)25/h1-9,12H,10-11H2,(H,23,24). The van der Waals surface area contributed by atoms with Crippen LogP contribution < -0.4 is 10.2 Å². The van der Waals surface area contributed by atoms with E-state index in [1.165, 1.54) is 18.3 Å². The van der Waals surface area contributed by atoms with Gasteiger partial charge in [-0.1, -0.05) is 24.3 Å². The molecule has 1 N–H and O–H groups in total. The first-order valence-electron chi connectivity index (χ1n) is 8.20. The molecule has 130 valence electrons. The Kier molecular flexibility index (Phi) is 4.08. The maximum Gasteiger partial charge on any atom is 0.259 e. The molecule has 0 bridgehead atoms. The Morgan fingerprint density at radius 2 is 1.77 bits per heavy atom. The second-order valence-electron chi connectivity index (χ2n) is 5.99. The molecule has 1 aromatic heterocycles. The molecule has 2 aromatic carbocycles. The number of carbonyl (C=O) groups is 1. The van der Waals surface area contributed by atoms with Crippen molar-refractivity contribution in [2.45, 2.75) is 6.42 Å². The Hall–Kier alpha value is -3.28. The minimum atomic E-state index is -0.708. The Labute approximate surface area is 149 Å². The maximum atomic E-state index is 13.7. The van der Waals surface area contributed by atoms with Crippen molar-refractivity contribution in [2.24, 2.45) is 0 Å². The molecule has 0 fully saturated rings. The van der Waals surface area contributed by atoms with Gasteiger partial charge >= 0.3 is 0 Å². The number of aromatic nitrogens is 1. The first kappa shape index (κ1) is 16.2. The Morgan fingerprint density at radius 3 is 2.50 bits per heavy atom. The molecule has 0 aliphatic carbocycles. The smallest absolute Gasteiger partial charge is 0.259 e. The monoisotopic (exact) mass is 351 g/mol. The quantitative estimate of drug-likeness (QED) is 0.765. The first-order chi connectivity index (χ1) is 12.6. The summed E-state index contributed by atoms with van der Waals surface area (Å²) in [5, 5.41) is 2.61. The van der Waals surface area contributed by atoms with Crippen LogP contribution in [0.25, 0.3) is 0 Å². The second kappa shape index (κ2) is 6.55. The number of benzene rings is 2. The van der Waals surface area contributed by atoms with Gasteiger partial charge in [0.2, 0.25) is 0 Å². The molecule has 0 spiro atoms. The number of rotatable bonds is 3. The van der Waals surface area contributed by atoms with Crippen molar-refractivity contribution in [3.8, 4) is 0 Å². The lowest BCUT2D eigenvalue weighted by molar-refractivity contribution is 0.0989. The van der Waals surface area contributed by atoms with E-state index in [2.05, 4.69) is 10.3 Å². The van der Waals surface area contributed by atoms with Crippen LogP contribution in [0.3, 0.4) is 0 Å². The van der Waals surface area contributed by atoms with Gasteiger partial charge in [-0.25, -0.2) is 13.8 Å². The fraction of sp³-hybridized carbons (Fsp3) is 0.100. The number of pyridine rings is 1. The third-order valence-electron chi connectivity index (χ3n) is 4.36. The lowest BCUT2D eigenvalue weighted by atomic mass is 10.2. The summed E-state index contributed by atoms with van der Waals surface area (Å²) < 4.78 is 27.4. The highest BCUT2D eigenvalue weighted by molar-refractivity contribution is 6.07. The minimum Gasteiger partial charge on any atom is -0.335 e. The van der Waals surface area contributed by atoms with Crippen LogP contribution in [0.2, 0.25) is 0 Å². The van der Waals surface area contributed by atoms with E-state index in [0.29, 0.717) is 12.1 Å². The summed E-state index contributed by atoms with van der Waals surface area (Å²) in [5.41, 5.74) is 2.20. The average molecular weight is 351 g/mol. The molecule has 6 heteroatoms. The zero-order chi connectivity index (χ0) is 18.1.